The molecule has 0 aromatic carbocycles. The van der Waals surface area contributed by atoms with Crippen LogP contribution in [0.4, 0.5) is 26.3 Å². The van der Waals surface area contributed by atoms with Crippen molar-refractivity contribution in [1.82, 2.24) is 44.1 Å². The van der Waals surface area contributed by atoms with Crippen LogP contribution in [0.2, 0.25) is 0 Å². The van der Waals surface area contributed by atoms with Crippen LogP contribution in [0.1, 0.15) is 416 Å². The van der Waals surface area contributed by atoms with Crippen molar-refractivity contribution in [3.05, 3.63) is 0 Å². The van der Waals surface area contributed by atoms with E-state index in [9.17, 15) is 26.3 Å². The van der Waals surface area contributed by atoms with Gasteiger partial charge in [0.2, 0.25) is 0 Å². The second-order valence-corrected chi connectivity index (χ2v) is 50.5. The van der Waals surface area contributed by atoms with E-state index in [0.29, 0.717) is 18.3 Å². The van der Waals surface area contributed by atoms with E-state index in [4.69, 9.17) is 0 Å². The number of rotatable bonds is 18. The molecule has 0 aromatic heterocycles. The quantitative estimate of drug-likeness (QED) is 0.125. The van der Waals surface area contributed by atoms with Crippen LogP contribution in [0.3, 0.4) is 0 Å². The van der Waals surface area contributed by atoms with Gasteiger partial charge in [0.15, 0.2) is 0 Å². The molecule has 7 saturated carbocycles. The van der Waals surface area contributed by atoms with Gasteiger partial charge in [-0.05, 0) is 359 Å². The molecule has 730 valence electrons. The first kappa shape index (κ1) is 109. The van der Waals surface area contributed by atoms with Crippen LogP contribution in [0.5, 0.6) is 0 Å². The second kappa shape index (κ2) is 45.7. The summed E-state index contributed by atoms with van der Waals surface area (Å²) >= 11 is 0. The van der Waals surface area contributed by atoms with Crippen molar-refractivity contribution in [3.8, 4) is 0 Å². The first-order valence-electron chi connectivity index (χ1n) is 53.6. The highest BCUT2D eigenvalue weighted by Gasteiger charge is 2.58. The molecule has 16 aliphatic rings. The Morgan fingerprint density at radius 2 is 0.597 bits per heavy atom. The van der Waals surface area contributed by atoms with Crippen molar-refractivity contribution in [1.29, 1.82) is 0 Å². The zero-order valence-corrected chi connectivity index (χ0v) is 88.1. The van der Waals surface area contributed by atoms with Crippen molar-refractivity contribution in [2.24, 2.45) is 105 Å². The van der Waals surface area contributed by atoms with Crippen molar-refractivity contribution < 1.29 is 26.3 Å². The molecule has 15 heteroatoms. The van der Waals surface area contributed by atoms with E-state index in [-0.39, 0.29) is 43.6 Å². The molecular weight excluding hydrogens is 1550 g/mol. The van der Waals surface area contributed by atoms with Gasteiger partial charge in [-0.2, -0.15) is 26.3 Å². The van der Waals surface area contributed by atoms with Crippen molar-refractivity contribution >= 4 is 0 Å². The molecule has 9 heterocycles. The SMILES string of the molecule is CC(C)[C@@H]1C2CC2CN1C(C)C.CC(C)[C@@H]1CC(C(F)(F)F)CN1C(C)C.CC(C)[C@@H]1CC2(CC2)CN1C(C)C.CC(C)[C@@H]1CC2(CCC2)CN1C(C)C.CC(C)[C@@H]1CC2(CCCC2)CN1C(C)C.CC(C)[C@@H]1CC2CC2N1C(C)C.CC(C)[C@@H]1CC2CCC2N1C(C)C.CC(C)[C@@H]1CC2CCCCC2N1C(C)C.CC(C)[C@@H]1CCC(C(F)(F)F)N1C(C)C. The zero-order valence-electron chi connectivity index (χ0n) is 88.1. The zero-order chi connectivity index (χ0) is 93.0. The number of hydrogen-bond acceptors (Lipinski definition) is 9. The molecular formula is C109H207F6N9. The Labute approximate surface area is 765 Å². The Morgan fingerprint density at radius 3 is 0.887 bits per heavy atom. The van der Waals surface area contributed by atoms with E-state index in [1.165, 1.54) is 174 Å². The number of halogens is 6. The third-order valence-corrected chi connectivity index (χ3v) is 35.3. The van der Waals surface area contributed by atoms with Crippen LogP contribution < -0.4 is 0 Å². The Bertz CT molecular complexity index is 2910. The fourth-order valence-corrected chi connectivity index (χ4v) is 28.1. The van der Waals surface area contributed by atoms with Gasteiger partial charge >= 0.3 is 12.4 Å². The predicted molar refractivity (Wildman–Crippen MR) is 520 cm³/mol. The summed E-state index contributed by atoms with van der Waals surface area (Å²) in [6.07, 6.45) is 27.2. The van der Waals surface area contributed by atoms with Gasteiger partial charge in [-0.15, -0.1) is 0 Å². The van der Waals surface area contributed by atoms with Crippen LogP contribution in [-0.4, -0.2) is 222 Å². The van der Waals surface area contributed by atoms with Gasteiger partial charge < -0.3 is 0 Å². The maximum Gasteiger partial charge on any atom is 0.404 e. The van der Waals surface area contributed by atoms with Gasteiger partial charge in [0, 0.05) is 160 Å². The lowest BCUT2D eigenvalue weighted by Crippen LogP contribution is -2.49. The fourth-order valence-electron chi connectivity index (χ4n) is 28.1. The molecule has 9 aliphatic heterocycles. The van der Waals surface area contributed by atoms with Crippen molar-refractivity contribution in [2.75, 3.05) is 32.7 Å². The Kier molecular flexibility index (Phi) is 40.0. The van der Waals surface area contributed by atoms with Crippen molar-refractivity contribution in [3.63, 3.8) is 0 Å². The summed E-state index contributed by atoms with van der Waals surface area (Å²) in [7, 11) is 0. The van der Waals surface area contributed by atoms with Crippen LogP contribution in [-0.2, 0) is 0 Å². The molecule has 9 nitrogen and oxygen atoms in total. The smallest absolute Gasteiger partial charge is 0.297 e. The maximum absolute atomic E-state index is 12.8. The van der Waals surface area contributed by atoms with Crippen molar-refractivity contribution in [2.45, 2.75) is 561 Å². The highest BCUT2D eigenvalue weighted by atomic mass is 19.4. The van der Waals surface area contributed by atoms with E-state index in [1.807, 2.05) is 60.3 Å². The average molecular weight is 1760 g/mol. The van der Waals surface area contributed by atoms with Crippen LogP contribution in [0.25, 0.3) is 0 Å². The Balaban J connectivity index is 0.000000173. The van der Waals surface area contributed by atoms with Crippen LogP contribution in [0, 0.1) is 105 Å². The van der Waals surface area contributed by atoms with Gasteiger partial charge in [-0.25, -0.2) is 0 Å². The molecule has 16 rings (SSSR count). The lowest BCUT2D eigenvalue weighted by Gasteiger charge is -2.40. The fraction of sp³-hybridized carbons (Fsp3) is 1.00. The van der Waals surface area contributed by atoms with E-state index in [2.05, 4.69) is 228 Å². The minimum atomic E-state index is -4.08. The molecule has 16 fully saturated rings. The topological polar surface area (TPSA) is 29.2 Å². The Morgan fingerprint density at radius 1 is 0.242 bits per heavy atom. The molecule has 0 amide bonds. The molecule has 0 N–H and O–H groups in total. The number of likely N-dealkylation sites (tertiary alicyclic amines) is 9. The monoisotopic (exact) mass is 1760 g/mol. The van der Waals surface area contributed by atoms with Gasteiger partial charge in [0.25, 0.3) is 0 Å². The van der Waals surface area contributed by atoms with Gasteiger partial charge in [-0.3, -0.25) is 44.1 Å². The summed E-state index contributed by atoms with van der Waals surface area (Å²) in [4.78, 5) is 23.0. The third kappa shape index (κ3) is 27.5. The van der Waals surface area contributed by atoms with E-state index < -0.39 is 24.3 Å². The minimum Gasteiger partial charge on any atom is -0.297 e. The number of nitrogens with zero attached hydrogens (tertiary/aromatic N) is 9. The molecule has 0 radical (unpaired) electrons. The number of alkyl halides is 6. The lowest BCUT2D eigenvalue weighted by atomic mass is 9.67. The second-order valence-electron chi connectivity index (χ2n) is 50.5. The summed E-state index contributed by atoms with van der Waals surface area (Å²) in [5, 5.41) is 0. The van der Waals surface area contributed by atoms with Crippen LogP contribution >= 0.6 is 0 Å². The van der Waals surface area contributed by atoms with E-state index in [0.717, 1.165) is 190 Å². The van der Waals surface area contributed by atoms with E-state index >= 15 is 0 Å². The summed E-state index contributed by atoms with van der Waals surface area (Å²) in [6, 6.07) is 13.2. The van der Waals surface area contributed by atoms with Gasteiger partial charge in [0.05, 0.1) is 5.92 Å². The van der Waals surface area contributed by atoms with Crippen LogP contribution in [0.15, 0.2) is 0 Å². The molecule has 3 spiro atoms. The van der Waals surface area contributed by atoms with Gasteiger partial charge in [-0.1, -0.05) is 157 Å². The maximum atomic E-state index is 12.8. The summed E-state index contributed by atoms with van der Waals surface area (Å²) in [5.74, 6) is 10.6. The highest BCUT2D eigenvalue weighted by Crippen LogP contribution is 2.58. The third-order valence-electron chi connectivity index (χ3n) is 35.3. The Hall–Kier alpha value is -0.780. The molecule has 10 unspecified atom stereocenters. The lowest BCUT2D eigenvalue weighted by molar-refractivity contribution is -0.184. The first-order valence-corrected chi connectivity index (χ1v) is 53.6. The number of piperidine rings is 2. The molecule has 0 bridgehead atoms. The molecule has 9 saturated heterocycles. The van der Waals surface area contributed by atoms with E-state index in [1.54, 1.807) is 4.90 Å². The molecule has 0 aromatic rings. The summed E-state index contributed by atoms with van der Waals surface area (Å²) in [5.41, 5.74) is 2.25. The number of hydrogen-bond donors (Lipinski definition) is 0. The predicted octanol–water partition coefficient (Wildman–Crippen LogP) is 28.1. The molecule has 19 atom stereocenters. The largest absolute Gasteiger partial charge is 0.404 e. The normalized spacial score (nSPS) is 34.5. The molecule has 124 heavy (non-hydrogen) atoms. The minimum absolute atomic E-state index is 0.0356. The van der Waals surface area contributed by atoms with Gasteiger partial charge in [0.1, 0.15) is 6.04 Å². The average Bonchev–Trinajstić information content (AvgIpc) is 1.60. The highest BCUT2D eigenvalue weighted by molar-refractivity contribution is 5.11. The summed E-state index contributed by atoms with van der Waals surface area (Å²) < 4.78 is 76.1. The first-order chi connectivity index (χ1) is 57.5. The molecule has 7 aliphatic carbocycles. The standard InChI is InChI=1S/2C14H27N.C13H25N.2C12H23N.2C11H20F3N.2C11H21N/c1-11(2)13-9-14(7-5-6-8-14)10-15(13)12(3)4;1-10(2)14-9-12-7-5-6-8-13(12)15(14)11(3)4;1-10(2)12-8-13(6-5-7-13)9-14(12)11(3)4;1-9(2)11-7-12(5-6-12)8-13(11)10(3)4;1-8(2)12-7-10-5-6-11(10)13(12)9(3)4;1-7(2)10-5-9(11(12,13)14)6-15(10)8(3)4;1-7(2)9-5-6-10(11(12,13)14)15(9)8(3)4;1-7(2)11-10-5-9(10)6-12(11)8(3)4;1-7(2)10-5-9-6-11(9)12(10)8(3)4/h11-13H,5-10H2,1-4H3;10-14H,5-9H2,1-4H3;10-12H,5-9H2,1-4H3;9-11H,5-8H2,1-4H3;8-12H,5-7H2,1-4H3;2*7-10H,5-6H2,1-4H3;2*7-11H,5-6H2,1-4H3/t13-;12?,13?,14-;12-;11-;10?,11?,12-;9?,10-;9-,10?;9?,10?,11-;9?,10-,11?/m000000010/s1. The number of fused-ring (bicyclic) bond motifs is 4. The summed E-state index contributed by atoms with van der Waals surface area (Å²) in [6.45, 7) is 87.6.